The van der Waals surface area contributed by atoms with Gasteiger partial charge < -0.3 is 9.30 Å². The van der Waals surface area contributed by atoms with Crippen molar-refractivity contribution in [3.63, 3.8) is 0 Å². The number of halogens is 3. The summed E-state index contributed by atoms with van der Waals surface area (Å²) in [5.74, 6) is 0.371. The van der Waals surface area contributed by atoms with Crippen LogP contribution in [0.1, 0.15) is 6.92 Å². The molecule has 1 aromatic carbocycles. The molecule has 0 fully saturated rings. The number of benzene rings is 1. The van der Waals surface area contributed by atoms with E-state index in [0.717, 1.165) is 0 Å². The SMILES string of the molecule is CCn1ccnc1-c1cccc(OC(F)(F)F)c1. The van der Waals surface area contributed by atoms with E-state index in [0.29, 0.717) is 17.9 Å². The second-order valence-corrected chi connectivity index (χ2v) is 3.61. The Labute approximate surface area is 102 Å². The molecule has 0 atom stereocenters. The zero-order valence-corrected chi connectivity index (χ0v) is 9.61. The molecule has 3 nitrogen and oxygen atoms in total. The Kier molecular flexibility index (Phi) is 3.27. The first-order valence-electron chi connectivity index (χ1n) is 5.37. The molecule has 0 aliphatic heterocycles. The number of hydrogen-bond donors (Lipinski definition) is 0. The van der Waals surface area contributed by atoms with Crippen molar-refractivity contribution in [3.05, 3.63) is 36.7 Å². The molecule has 0 saturated carbocycles. The Balaban J connectivity index is 2.33. The van der Waals surface area contributed by atoms with Crippen LogP contribution in [0.4, 0.5) is 13.2 Å². The van der Waals surface area contributed by atoms with Gasteiger partial charge in [0.05, 0.1) is 0 Å². The maximum Gasteiger partial charge on any atom is 0.573 e. The van der Waals surface area contributed by atoms with Gasteiger partial charge in [-0.25, -0.2) is 4.98 Å². The number of rotatable bonds is 3. The molecule has 0 unspecified atom stereocenters. The minimum atomic E-state index is -4.68. The van der Waals surface area contributed by atoms with E-state index in [2.05, 4.69) is 9.72 Å². The van der Waals surface area contributed by atoms with Crippen LogP contribution in [0.15, 0.2) is 36.7 Å². The van der Waals surface area contributed by atoms with Gasteiger partial charge in [-0.2, -0.15) is 0 Å². The first-order chi connectivity index (χ1) is 8.49. The van der Waals surface area contributed by atoms with Crippen molar-refractivity contribution in [1.29, 1.82) is 0 Å². The maximum absolute atomic E-state index is 12.1. The fraction of sp³-hybridized carbons (Fsp3) is 0.250. The summed E-state index contributed by atoms with van der Waals surface area (Å²) in [6, 6.07) is 5.78. The summed E-state index contributed by atoms with van der Waals surface area (Å²) < 4.78 is 42.1. The molecule has 18 heavy (non-hydrogen) atoms. The van der Waals surface area contributed by atoms with Gasteiger partial charge in [0.2, 0.25) is 0 Å². The van der Waals surface area contributed by atoms with Gasteiger partial charge in [0.1, 0.15) is 11.6 Å². The van der Waals surface area contributed by atoms with E-state index in [1.165, 1.54) is 18.2 Å². The van der Waals surface area contributed by atoms with Gasteiger partial charge in [0.15, 0.2) is 0 Å². The summed E-state index contributed by atoms with van der Waals surface area (Å²) in [7, 11) is 0. The van der Waals surface area contributed by atoms with Crippen molar-refractivity contribution in [2.45, 2.75) is 19.8 Å². The first kappa shape index (κ1) is 12.5. The molecule has 0 aliphatic carbocycles. The summed E-state index contributed by atoms with van der Waals surface area (Å²) in [6.07, 6.45) is -1.30. The summed E-state index contributed by atoms with van der Waals surface area (Å²) in [5.41, 5.74) is 0.587. The van der Waals surface area contributed by atoms with Gasteiger partial charge in [0, 0.05) is 24.5 Å². The molecule has 6 heteroatoms. The molecule has 0 amide bonds. The Morgan fingerprint density at radius 3 is 2.78 bits per heavy atom. The Bertz CT molecular complexity index is 534. The number of ether oxygens (including phenoxy) is 1. The molecule has 1 aromatic heterocycles. The van der Waals surface area contributed by atoms with Crippen LogP contribution in [0, 0.1) is 0 Å². The molecule has 0 bridgehead atoms. The molecule has 2 rings (SSSR count). The highest BCUT2D eigenvalue weighted by molar-refractivity contribution is 5.58. The topological polar surface area (TPSA) is 27.1 Å². The van der Waals surface area contributed by atoms with E-state index in [-0.39, 0.29) is 5.75 Å². The fourth-order valence-corrected chi connectivity index (χ4v) is 1.66. The largest absolute Gasteiger partial charge is 0.573 e. The lowest BCUT2D eigenvalue weighted by atomic mass is 10.2. The van der Waals surface area contributed by atoms with Gasteiger partial charge in [-0.1, -0.05) is 12.1 Å². The summed E-state index contributed by atoms with van der Waals surface area (Å²) in [4.78, 5) is 4.12. The summed E-state index contributed by atoms with van der Waals surface area (Å²) >= 11 is 0. The summed E-state index contributed by atoms with van der Waals surface area (Å²) in [5, 5.41) is 0. The third-order valence-corrected chi connectivity index (χ3v) is 2.38. The minimum Gasteiger partial charge on any atom is -0.406 e. The van der Waals surface area contributed by atoms with E-state index in [1.807, 2.05) is 11.5 Å². The lowest BCUT2D eigenvalue weighted by Gasteiger charge is -2.10. The van der Waals surface area contributed by atoms with Crippen LogP contribution < -0.4 is 4.74 Å². The van der Waals surface area contributed by atoms with Crippen LogP contribution in [-0.2, 0) is 6.54 Å². The van der Waals surface area contributed by atoms with E-state index in [1.54, 1.807) is 18.5 Å². The molecule has 0 saturated heterocycles. The molecule has 96 valence electrons. The average Bonchev–Trinajstić information content (AvgIpc) is 2.75. The van der Waals surface area contributed by atoms with Gasteiger partial charge in [-0.3, -0.25) is 0 Å². The van der Waals surface area contributed by atoms with Crippen LogP contribution in [0.25, 0.3) is 11.4 Å². The normalized spacial score (nSPS) is 11.6. The molecule has 2 aromatic rings. The zero-order valence-electron chi connectivity index (χ0n) is 9.61. The molecule has 0 aliphatic rings. The molecule has 1 heterocycles. The lowest BCUT2D eigenvalue weighted by Crippen LogP contribution is -2.17. The maximum atomic E-state index is 12.1. The lowest BCUT2D eigenvalue weighted by molar-refractivity contribution is -0.274. The Hall–Kier alpha value is -1.98. The molecule has 0 spiro atoms. The minimum absolute atomic E-state index is 0.245. The molecule has 0 radical (unpaired) electrons. The molecular weight excluding hydrogens is 245 g/mol. The predicted octanol–water partition coefficient (Wildman–Crippen LogP) is 3.47. The number of aromatic nitrogens is 2. The van der Waals surface area contributed by atoms with E-state index < -0.39 is 6.36 Å². The van der Waals surface area contributed by atoms with Gasteiger partial charge in [0.25, 0.3) is 0 Å². The van der Waals surface area contributed by atoms with Crippen molar-refractivity contribution >= 4 is 0 Å². The van der Waals surface area contributed by atoms with Crippen LogP contribution in [0.3, 0.4) is 0 Å². The monoisotopic (exact) mass is 256 g/mol. The Morgan fingerprint density at radius 2 is 2.11 bits per heavy atom. The Morgan fingerprint density at radius 1 is 1.33 bits per heavy atom. The third-order valence-electron chi connectivity index (χ3n) is 2.38. The molecule has 0 N–H and O–H groups in total. The summed E-state index contributed by atoms with van der Waals surface area (Å²) in [6.45, 7) is 2.63. The number of hydrogen-bond acceptors (Lipinski definition) is 2. The smallest absolute Gasteiger partial charge is 0.406 e. The predicted molar refractivity (Wildman–Crippen MR) is 60.0 cm³/mol. The van der Waals surface area contributed by atoms with Crippen molar-refractivity contribution in [3.8, 4) is 17.1 Å². The van der Waals surface area contributed by atoms with Crippen LogP contribution in [-0.4, -0.2) is 15.9 Å². The van der Waals surface area contributed by atoms with Crippen LogP contribution in [0.5, 0.6) is 5.75 Å². The van der Waals surface area contributed by atoms with Crippen molar-refractivity contribution < 1.29 is 17.9 Å². The first-order valence-corrected chi connectivity index (χ1v) is 5.37. The van der Waals surface area contributed by atoms with Crippen molar-refractivity contribution in [2.75, 3.05) is 0 Å². The second-order valence-electron chi connectivity index (χ2n) is 3.61. The van der Waals surface area contributed by atoms with Gasteiger partial charge in [-0.15, -0.1) is 13.2 Å². The highest BCUT2D eigenvalue weighted by atomic mass is 19.4. The van der Waals surface area contributed by atoms with Gasteiger partial charge >= 0.3 is 6.36 Å². The van der Waals surface area contributed by atoms with E-state index >= 15 is 0 Å². The van der Waals surface area contributed by atoms with E-state index in [4.69, 9.17) is 0 Å². The standard InChI is InChI=1S/C12H11F3N2O/c1-2-17-7-6-16-11(17)9-4-3-5-10(8-9)18-12(13,14)15/h3-8H,2H2,1H3. The number of aryl methyl sites for hydroxylation is 1. The average molecular weight is 256 g/mol. The van der Waals surface area contributed by atoms with Crippen LogP contribution >= 0.6 is 0 Å². The number of imidazole rings is 1. The number of alkyl halides is 3. The fourth-order valence-electron chi connectivity index (χ4n) is 1.66. The highest BCUT2D eigenvalue weighted by Gasteiger charge is 2.31. The van der Waals surface area contributed by atoms with Crippen molar-refractivity contribution in [2.24, 2.45) is 0 Å². The molecular formula is C12H11F3N2O. The quantitative estimate of drug-likeness (QED) is 0.840. The van der Waals surface area contributed by atoms with E-state index in [9.17, 15) is 13.2 Å². The zero-order chi connectivity index (χ0) is 13.2. The van der Waals surface area contributed by atoms with Crippen molar-refractivity contribution in [1.82, 2.24) is 9.55 Å². The van der Waals surface area contributed by atoms with Gasteiger partial charge in [-0.05, 0) is 19.1 Å². The second kappa shape index (κ2) is 4.72. The van der Waals surface area contributed by atoms with Crippen LogP contribution in [0.2, 0.25) is 0 Å². The number of nitrogens with zero attached hydrogens (tertiary/aromatic N) is 2. The third kappa shape index (κ3) is 2.82. The highest BCUT2D eigenvalue weighted by Crippen LogP contribution is 2.27.